The van der Waals surface area contributed by atoms with Crippen molar-refractivity contribution in [3.05, 3.63) is 22.7 Å². The molecule has 17 heavy (non-hydrogen) atoms. The molecule has 1 aromatic carbocycles. The number of ether oxygens (including phenoxy) is 2. The summed E-state index contributed by atoms with van der Waals surface area (Å²) in [6.07, 6.45) is 1.89. The standard InChI is InChI=1S/C13H17ClO3/c1-8(15)10-5-11(14)13(12(6-10)16-2)17-7-9-3-4-9/h5-6,8-9,15H,3-4,7H2,1-2H3. The maximum Gasteiger partial charge on any atom is 0.179 e. The molecule has 1 aliphatic carbocycles. The second-order valence-electron chi connectivity index (χ2n) is 4.46. The third-order valence-electron chi connectivity index (χ3n) is 2.89. The van der Waals surface area contributed by atoms with E-state index in [4.69, 9.17) is 21.1 Å². The Bertz CT molecular complexity index is 400. The van der Waals surface area contributed by atoms with E-state index in [1.165, 1.54) is 12.8 Å². The minimum absolute atomic E-state index is 0.487. The maximum atomic E-state index is 9.53. The van der Waals surface area contributed by atoms with Gasteiger partial charge in [0.05, 0.1) is 24.8 Å². The highest BCUT2D eigenvalue weighted by atomic mass is 35.5. The third-order valence-corrected chi connectivity index (χ3v) is 3.18. The summed E-state index contributed by atoms with van der Waals surface area (Å²) < 4.78 is 10.9. The highest BCUT2D eigenvalue weighted by Gasteiger charge is 2.23. The van der Waals surface area contributed by atoms with Gasteiger partial charge in [-0.3, -0.25) is 0 Å². The van der Waals surface area contributed by atoms with Crippen LogP contribution in [0.3, 0.4) is 0 Å². The van der Waals surface area contributed by atoms with E-state index in [-0.39, 0.29) is 0 Å². The summed E-state index contributed by atoms with van der Waals surface area (Å²) in [5.41, 5.74) is 0.727. The first-order chi connectivity index (χ1) is 8.11. The van der Waals surface area contributed by atoms with Gasteiger partial charge in [0.25, 0.3) is 0 Å². The minimum Gasteiger partial charge on any atom is -0.493 e. The van der Waals surface area contributed by atoms with E-state index in [1.807, 2.05) is 0 Å². The molecule has 0 amide bonds. The summed E-state index contributed by atoms with van der Waals surface area (Å²) in [7, 11) is 1.57. The van der Waals surface area contributed by atoms with Crippen molar-refractivity contribution >= 4 is 11.6 Å². The Labute approximate surface area is 106 Å². The molecule has 1 atom stereocenters. The molecule has 0 saturated heterocycles. The molecule has 2 rings (SSSR count). The lowest BCUT2D eigenvalue weighted by molar-refractivity contribution is 0.198. The van der Waals surface area contributed by atoms with Crippen molar-refractivity contribution in [2.45, 2.75) is 25.9 Å². The van der Waals surface area contributed by atoms with Gasteiger partial charge in [-0.05, 0) is 43.4 Å². The van der Waals surface area contributed by atoms with E-state index >= 15 is 0 Å². The number of halogens is 1. The van der Waals surface area contributed by atoms with Crippen molar-refractivity contribution in [3.63, 3.8) is 0 Å². The molecule has 1 unspecified atom stereocenters. The topological polar surface area (TPSA) is 38.7 Å². The SMILES string of the molecule is COc1cc(C(C)O)cc(Cl)c1OCC1CC1. The molecule has 1 saturated carbocycles. The van der Waals surface area contributed by atoms with Gasteiger partial charge in [-0.25, -0.2) is 0 Å². The third kappa shape index (κ3) is 3.05. The highest BCUT2D eigenvalue weighted by molar-refractivity contribution is 6.32. The van der Waals surface area contributed by atoms with Crippen molar-refractivity contribution < 1.29 is 14.6 Å². The Morgan fingerprint density at radius 1 is 1.47 bits per heavy atom. The smallest absolute Gasteiger partial charge is 0.179 e. The molecule has 94 valence electrons. The normalized spacial score (nSPS) is 16.7. The van der Waals surface area contributed by atoms with Crippen LogP contribution in [-0.2, 0) is 0 Å². The highest BCUT2D eigenvalue weighted by Crippen LogP contribution is 2.39. The Balaban J connectivity index is 2.22. The van der Waals surface area contributed by atoms with Crippen LogP contribution in [0.15, 0.2) is 12.1 Å². The number of benzene rings is 1. The lowest BCUT2D eigenvalue weighted by Gasteiger charge is -2.15. The van der Waals surface area contributed by atoms with Gasteiger partial charge in [-0.1, -0.05) is 11.6 Å². The number of hydrogen-bond donors (Lipinski definition) is 1. The van der Waals surface area contributed by atoms with E-state index in [1.54, 1.807) is 26.2 Å². The number of aliphatic hydroxyl groups is 1. The Kier molecular flexibility index (Phi) is 3.79. The van der Waals surface area contributed by atoms with Gasteiger partial charge in [0.2, 0.25) is 0 Å². The summed E-state index contributed by atoms with van der Waals surface area (Å²) in [5.74, 6) is 1.81. The molecule has 0 spiro atoms. The van der Waals surface area contributed by atoms with E-state index in [0.717, 1.165) is 5.56 Å². The molecule has 0 bridgehead atoms. The maximum absolute atomic E-state index is 9.53. The van der Waals surface area contributed by atoms with Gasteiger partial charge >= 0.3 is 0 Å². The quantitative estimate of drug-likeness (QED) is 0.879. The molecule has 0 radical (unpaired) electrons. The summed E-state index contributed by atoms with van der Waals surface area (Å²) in [5, 5.41) is 10.0. The predicted octanol–water partition coefficient (Wildman–Crippen LogP) is 3.19. The van der Waals surface area contributed by atoms with Gasteiger partial charge in [0.15, 0.2) is 11.5 Å². The fourth-order valence-electron chi connectivity index (χ4n) is 1.61. The average molecular weight is 257 g/mol. The van der Waals surface area contributed by atoms with Crippen LogP contribution < -0.4 is 9.47 Å². The van der Waals surface area contributed by atoms with E-state index in [0.29, 0.717) is 29.0 Å². The number of methoxy groups -OCH3 is 1. The van der Waals surface area contributed by atoms with Crippen LogP contribution >= 0.6 is 11.6 Å². The molecule has 1 N–H and O–H groups in total. The molecule has 1 aromatic rings. The minimum atomic E-state index is -0.570. The van der Waals surface area contributed by atoms with Crippen molar-refractivity contribution in [2.75, 3.05) is 13.7 Å². The lowest BCUT2D eigenvalue weighted by Crippen LogP contribution is -2.03. The molecular weight excluding hydrogens is 240 g/mol. The van der Waals surface area contributed by atoms with Crippen LogP contribution in [0.1, 0.15) is 31.4 Å². The zero-order valence-corrected chi connectivity index (χ0v) is 10.8. The van der Waals surface area contributed by atoms with Gasteiger partial charge in [-0.2, -0.15) is 0 Å². The van der Waals surface area contributed by atoms with Crippen molar-refractivity contribution in [1.29, 1.82) is 0 Å². The van der Waals surface area contributed by atoms with Gasteiger partial charge < -0.3 is 14.6 Å². The number of aliphatic hydroxyl groups excluding tert-OH is 1. The van der Waals surface area contributed by atoms with Crippen molar-refractivity contribution in [2.24, 2.45) is 5.92 Å². The molecular formula is C13H17ClO3. The molecule has 0 aromatic heterocycles. The first-order valence-corrected chi connectivity index (χ1v) is 6.18. The predicted molar refractivity (Wildman–Crippen MR) is 66.9 cm³/mol. The Morgan fingerprint density at radius 3 is 2.71 bits per heavy atom. The molecule has 0 aliphatic heterocycles. The van der Waals surface area contributed by atoms with Gasteiger partial charge in [0, 0.05) is 0 Å². The Morgan fingerprint density at radius 2 is 2.18 bits per heavy atom. The Hall–Kier alpha value is -0.930. The summed E-state index contributed by atoms with van der Waals surface area (Å²) in [4.78, 5) is 0. The lowest BCUT2D eigenvalue weighted by atomic mass is 10.1. The second-order valence-corrected chi connectivity index (χ2v) is 4.87. The molecule has 1 fully saturated rings. The van der Waals surface area contributed by atoms with Crippen LogP contribution in [0.25, 0.3) is 0 Å². The van der Waals surface area contributed by atoms with Crippen molar-refractivity contribution in [3.8, 4) is 11.5 Å². The average Bonchev–Trinajstić information content (AvgIpc) is 3.10. The van der Waals surface area contributed by atoms with E-state index in [9.17, 15) is 5.11 Å². The van der Waals surface area contributed by atoms with Crippen LogP contribution in [0.4, 0.5) is 0 Å². The van der Waals surface area contributed by atoms with Crippen LogP contribution in [0, 0.1) is 5.92 Å². The van der Waals surface area contributed by atoms with Gasteiger partial charge in [0.1, 0.15) is 0 Å². The van der Waals surface area contributed by atoms with Crippen LogP contribution in [-0.4, -0.2) is 18.8 Å². The summed E-state index contributed by atoms with van der Waals surface area (Å²) >= 11 is 6.15. The summed E-state index contributed by atoms with van der Waals surface area (Å²) in [6, 6.07) is 3.48. The fourth-order valence-corrected chi connectivity index (χ4v) is 1.88. The molecule has 4 heteroatoms. The molecule has 0 heterocycles. The van der Waals surface area contributed by atoms with E-state index in [2.05, 4.69) is 0 Å². The first kappa shape index (κ1) is 12.5. The molecule has 1 aliphatic rings. The van der Waals surface area contributed by atoms with Crippen LogP contribution in [0.2, 0.25) is 5.02 Å². The summed E-state index contributed by atoms with van der Waals surface area (Å²) in [6.45, 7) is 2.37. The van der Waals surface area contributed by atoms with E-state index < -0.39 is 6.10 Å². The zero-order chi connectivity index (χ0) is 12.4. The number of rotatable bonds is 5. The van der Waals surface area contributed by atoms with Gasteiger partial charge in [-0.15, -0.1) is 0 Å². The van der Waals surface area contributed by atoms with Crippen molar-refractivity contribution in [1.82, 2.24) is 0 Å². The first-order valence-electron chi connectivity index (χ1n) is 5.80. The largest absolute Gasteiger partial charge is 0.493 e. The molecule has 3 nitrogen and oxygen atoms in total. The fraction of sp³-hybridized carbons (Fsp3) is 0.538. The monoisotopic (exact) mass is 256 g/mol. The zero-order valence-electron chi connectivity index (χ0n) is 10.1. The number of hydrogen-bond acceptors (Lipinski definition) is 3. The second kappa shape index (κ2) is 5.15. The van der Waals surface area contributed by atoms with Crippen LogP contribution in [0.5, 0.6) is 11.5 Å².